The molecule has 1 atom stereocenters. The van der Waals surface area contributed by atoms with Gasteiger partial charge in [0.1, 0.15) is 17.2 Å². The third-order valence-corrected chi connectivity index (χ3v) is 4.43. The molecule has 1 heterocycles. The number of nitrogens with one attached hydrogen (secondary N) is 2. The van der Waals surface area contributed by atoms with Gasteiger partial charge in [-0.05, 0) is 31.8 Å². The van der Waals surface area contributed by atoms with E-state index in [0.29, 0.717) is 5.82 Å². The molecule has 0 saturated heterocycles. The van der Waals surface area contributed by atoms with Crippen LogP contribution in [0.2, 0.25) is 0 Å². The van der Waals surface area contributed by atoms with Gasteiger partial charge in [0.15, 0.2) is 0 Å². The fraction of sp³-hybridized carbons (Fsp3) is 0.190. The lowest BCUT2D eigenvalue weighted by Gasteiger charge is -2.25. The lowest BCUT2D eigenvalue weighted by atomic mass is 10.1. The SMILES string of the molecule is CN(C)[C@@H](CNC(=O)c1cnc(-c2ccccc2)[nH]c1=O)c1ccc(F)cc1. The highest BCUT2D eigenvalue weighted by atomic mass is 19.1. The Morgan fingerprint density at radius 3 is 2.43 bits per heavy atom. The fourth-order valence-corrected chi connectivity index (χ4v) is 2.87. The summed E-state index contributed by atoms with van der Waals surface area (Å²) in [7, 11) is 3.73. The number of likely N-dealkylation sites (N-methyl/N-ethyl adjacent to an activating group) is 1. The van der Waals surface area contributed by atoms with Crippen molar-refractivity contribution in [2.45, 2.75) is 6.04 Å². The molecular formula is C21H21FN4O2. The minimum absolute atomic E-state index is 0.0590. The molecule has 3 rings (SSSR count). The monoisotopic (exact) mass is 380 g/mol. The third kappa shape index (κ3) is 4.50. The number of carbonyl (C=O) groups excluding carboxylic acids is 1. The molecule has 0 spiro atoms. The van der Waals surface area contributed by atoms with Crippen molar-refractivity contribution in [1.29, 1.82) is 0 Å². The smallest absolute Gasteiger partial charge is 0.264 e. The van der Waals surface area contributed by atoms with Gasteiger partial charge in [-0.25, -0.2) is 9.37 Å². The van der Waals surface area contributed by atoms with Gasteiger partial charge in [0.2, 0.25) is 0 Å². The number of hydrogen-bond donors (Lipinski definition) is 2. The minimum Gasteiger partial charge on any atom is -0.350 e. The second-order valence-corrected chi connectivity index (χ2v) is 6.58. The van der Waals surface area contributed by atoms with Crippen LogP contribution in [0.15, 0.2) is 65.6 Å². The summed E-state index contributed by atoms with van der Waals surface area (Å²) in [6.07, 6.45) is 1.28. The van der Waals surface area contributed by atoms with E-state index in [0.717, 1.165) is 11.1 Å². The first-order chi connectivity index (χ1) is 13.5. The van der Waals surface area contributed by atoms with E-state index in [-0.39, 0.29) is 24.0 Å². The fourth-order valence-electron chi connectivity index (χ4n) is 2.87. The average Bonchev–Trinajstić information content (AvgIpc) is 2.69. The molecule has 2 N–H and O–H groups in total. The van der Waals surface area contributed by atoms with Crippen LogP contribution in [-0.2, 0) is 0 Å². The second-order valence-electron chi connectivity index (χ2n) is 6.58. The Morgan fingerprint density at radius 2 is 1.82 bits per heavy atom. The molecule has 6 nitrogen and oxygen atoms in total. The van der Waals surface area contributed by atoms with Crippen molar-refractivity contribution in [3.63, 3.8) is 0 Å². The molecule has 1 aromatic heterocycles. The lowest BCUT2D eigenvalue weighted by molar-refractivity contribution is 0.0940. The van der Waals surface area contributed by atoms with Gasteiger partial charge in [-0.15, -0.1) is 0 Å². The maximum absolute atomic E-state index is 13.2. The van der Waals surface area contributed by atoms with Crippen molar-refractivity contribution < 1.29 is 9.18 Å². The first-order valence-electron chi connectivity index (χ1n) is 8.80. The first kappa shape index (κ1) is 19.4. The molecule has 0 aliphatic rings. The van der Waals surface area contributed by atoms with Crippen LogP contribution in [0, 0.1) is 5.82 Å². The van der Waals surface area contributed by atoms with Gasteiger partial charge in [-0.1, -0.05) is 42.5 Å². The summed E-state index contributed by atoms with van der Waals surface area (Å²) in [6.45, 7) is 0.261. The van der Waals surface area contributed by atoms with Crippen LogP contribution in [-0.4, -0.2) is 41.4 Å². The molecule has 0 saturated carbocycles. The maximum atomic E-state index is 13.2. The van der Waals surface area contributed by atoms with E-state index in [9.17, 15) is 14.0 Å². The van der Waals surface area contributed by atoms with Crippen LogP contribution < -0.4 is 10.9 Å². The van der Waals surface area contributed by atoms with Crippen LogP contribution in [0.1, 0.15) is 22.0 Å². The molecule has 0 bridgehead atoms. The molecule has 3 aromatic rings. The highest BCUT2D eigenvalue weighted by Gasteiger charge is 2.18. The van der Waals surface area contributed by atoms with E-state index in [1.165, 1.54) is 18.3 Å². The Labute approximate surface area is 162 Å². The quantitative estimate of drug-likeness (QED) is 0.689. The molecule has 2 aromatic carbocycles. The Bertz CT molecular complexity index is 1000. The molecule has 7 heteroatoms. The van der Waals surface area contributed by atoms with Crippen molar-refractivity contribution in [2.75, 3.05) is 20.6 Å². The van der Waals surface area contributed by atoms with Crippen molar-refractivity contribution in [3.05, 3.63) is 88.1 Å². The summed E-state index contributed by atoms with van der Waals surface area (Å²) < 4.78 is 13.2. The molecule has 0 aliphatic heterocycles. The molecule has 0 unspecified atom stereocenters. The number of nitrogens with zero attached hydrogens (tertiary/aromatic N) is 2. The Morgan fingerprint density at radius 1 is 1.14 bits per heavy atom. The van der Waals surface area contributed by atoms with E-state index in [1.807, 2.05) is 49.3 Å². The molecule has 28 heavy (non-hydrogen) atoms. The van der Waals surface area contributed by atoms with Crippen molar-refractivity contribution >= 4 is 5.91 Å². The molecule has 0 fully saturated rings. The van der Waals surface area contributed by atoms with Crippen molar-refractivity contribution in [2.24, 2.45) is 0 Å². The average molecular weight is 380 g/mol. The topological polar surface area (TPSA) is 78.1 Å². The normalized spacial score (nSPS) is 12.0. The van der Waals surface area contributed by atoms with Gasteiger partial charge >= 0.3 is 0 Å². The molecule has 0 aliphatic carbocycles. The van der Waals surface area contributed by atoms with Crippen LogP contribution in [0.4, 0.5) is 4.39 Å². The van der Waals surface area contributed by atoms with Gasteiger partial charge in [0.25, 0.3) is 11.5 Å². The Balaban J connectivity index is 1.73. The number of aromatic nitrogens is 2. The van der Waals surface area contributed by atoms with E-state index < -0.39 is 11.5 Å². The van der Waals surface area contributed by atoms with Crippen LogP contribution in [0.25, 0.3) is 11.4 Å². The van der Waals surface area contributed by atoms with Crippen molar-refractivity contribution in [3.8, 4) is 11.4 Å². The number of aromatic amines is 1. The van der Waals surface area contributed by atoms with Crippen LogP contribution in [0.5, 0.6) is 0 Å². The van der Waals surface area contributed by atoms with Gasteiger partial charge < -0.3 is 15.2 Å². The zero-order valence-corrected chi connectivity index (χ0v) is 15.6. The standard InChI is InChI=1S/C21H21FN4O2/c1-26(2)18(14-8-10-16(22)11-9-14)13-24-20(27)17-12-23-19(25-21(17)28)15-6-4-3-5-7-15/h3-12,18H,13H2,1-2H3,(H,24,27)(H,23,25,28)/t18-/m0/s1. The highest BCUT2D eigenvalue weighted by molar-refractivity contribution is 5.93. The number of amides is 1. The van der Waals surface area contributed by atoms with E-state index >= 15 is 0 Å². The number of carbonyl (C=O) groups is 1. The van der Waals surface area contributed by atoms with Gasteiger partial charge in [0.05, 0.1) is 6.04 Å². The summed E-state index contributed by atoms with van der Waals surface area (Å²) in [4.78, 5) is 33.6. The minimum atomic E-state index is -0.512. The number of hydrogen-bond acceptors (Lipinski definition) is 4. The first-order valence-corrected chi connectivity index (χ1v) is 8.80. The predicted octanol–water partition coefficient (Wildman–Crippen LogP) is 2.61. The summed E-state index contributed by atoms with van der Waals surface area (Å²) in [5.41, 5.74) is 1.06. The number of benzene rings is 2. The number of H-pyrrole nitrogens is 1. The third-order valence-electron chi connectivity index (χ3n) is 4.43. The van der Waals surface area contributed by atoms with Gasteiger partial charge in [0, 0.05) is 18.3 Å². The maximum Gasteiger partial charge on any atom is 0.264 e. The van der Waals surface area contributed by atoms with E-state index in [1.54, 1.807) is 12.1 Å². The van der Waals surface area contributed by atoms with E-state index in [2.05, 4.69) is 15.3 Å². The van der Waals surface area contributed by atoms with Gasteiger partial charge in [-0.2, -0.15) is 0 Å². The second kappa shape index (κ2) is 8.58. The van der Waals surface area contributed by atoms with E-state index in [4.69, 9.17) is 0 Å². The Kier molecular flexibility index (Phi) is 5.96. The summed E-state index contributed by atoms with van der Waals surface area (Å²) >= 11 is 0. The summed E-state index contributed by atoms with van der Waals surface area (Å²) in [5.74, 6) is -0.427. The highest BCUT2D eigenvalue weighted by Crippen LogP contribution is 2.18. The summed E-state index contributed by atoms with van der Waals surface area (Å²) in [5, 5.41) is 2.76. The zero-order chi connectivity index (χ0) is 20.1. The van der Waals surface area contributed by atoms with Gasteiger partial charge in [-0.3, -0.25) is 9.59 Å². The predicted molar refractivity (Wildman–Crippen MR) is 105 cm³/mol. The molecular weight excluding hydrogens is 359 g/mol. The molecule has 144 valence electrons. The van der Waals surface area contributed by atoms with Crippen LogP contribution >= 0.6 is 0 Å². The summed E-state index contributed by atoms with van der Waals surface area (Å²) in [6, 6.07) is 15.1. The number of rotatable bonds is 6. The Hall–Kier alpha value is -3.32. The number of halogens is 1. The largest absolute Gasteiger partial charge is 0.350 e. The van der Waals surface area contributed by atoms with Crippen molar-refractivity contribution in [1.82, 2.24) is 20.2 Å². The zero-order valence-electron chi connectivity index (χ0n) is 15.6. The lowest BCUT2D eigenvalue weighted by Crippen LogP contribution is -2.36. The molecule has 0 radical (unpaired) electrons. The molecule has 1 amide bonds. The van der Waals surface area contributed by atoms with Crippen LogP contribution in [0.3, 0.4) is 0 Å².